The number of aromatic nitrogens is 3. The number of hydrogen-bond donors (Lipinski definition) is 1. The number of aryl methyl sites for hydroxylation is 1. The third-order valence-corrected chi connectivity index (χ3v) is 6.31. The van der Waals surface area contributed by atoms with Gasteiger partial charge in [-0.3, -0.25) is 14.4 Å². The molecule has 3 aliphatic rings. The van der Waals surface area contributed by atoms with Crippen molar-refractivity contribution in [1.82, 2.24) is 24.6 Å². The molecule has 2 fully saturated rings. The molecule has 2 amide bonds. The van der Waals surface area contributed by atoms with Gasteiger partial charge in [-0.05, 0) is 52.4 Å². The third-order valence-electron chi connectivity index (χ3n) is 6.31. The van der Waals surface area contributed by atoms with Crippen molar-refractivity contribution in [3.63, 3.8) is 0 Å². The normalized spacial score (nSPS) is 24.2. The molecule has 29 heavy (non-hydrogen) atoms. The van der Waals surface area contributed by atoms with Crippen LogP contribution in [-0.2, 0) is 22.6 Å². The van der Waals surface area contributed by atoms with Crippen molar-refractivity contribution in [2.45, 2.75) is 83.3 Å². The zero-order valence-corrected chi connectivity index (χ0v) is 17.3. The smallest absolute Gasteiger partial charge is 0.292 e. The first-order valence-corrected chi connectivity index (χ1v) is 10.6. The SMILES string of the molecule is CC(C)N1CCCC2(CCCN2C(=O)c2nnc3n2CCCCC3)C1=O.O=CO. The Morgan fingerprint density at radius 3 is 2.45 bits per heavy atom. The van der Waals surface area contributed by atoms with Gasteiger partial charge in [0.05, 0.1) is 0 Å². The van der Waals surface area contributed by atoms with Crippen molar-refractivity contribution in [3.05, 3.63) is 11.6 Å². The van der Waals surface area contributed by atoms with E-state index in [9.17, 15) is 9.59 Å². The van der Waals surface area contributed by atoms with E-state index < -0.39 is 5.54 Å². The molecule has 9 nitrogen and oxygen atoms in total. The molecule has 0 aromatic carbocycles. The van der Waals surface area contributed by atoms with E-state index in [0.717, 1.165) is 70.3 Å². The van der Waals surface area contributed by atoms with E-state index >= 15 is 0 Å². The molecule has 1 aromatic rings. The second kappa shape index (κ2) is 8.92. The van der Waals surface area contributed by atoms with Gasteiger partial charge in [0.25, 0.3) is 12.4 Å². The number of rotatable bonds is 2. The zero-order valence-electron chi connectivity index (χ0n) is 17.3. The maximum atomic E-state index is 13.4. The lowest BCUT2D eigenvalue weighted by Crippen LogP contribution is -2.62. The van der Waals surface area contributed by atoms with Gasteiger partial charge in [0.15, 0.2) is 0 Å². The summed E-state index contributed by atoms with van der Waals surface area (Å²) < 4.78 is 1.99. The van der Waals surface area contributed by atoms with E-state index in [4.69, 9.17) is 9.90 Å². The van der Waals surface area contributed by atoms with Gasteiger partial charge in [-0.15, -0.1) is 10.2 Å². The average Bonchev–Trinajstić information content (AvgIpc) is 3.22. The third kappa shape index (κ3) is 3.86. The number of hydrogen-bond acceptors (Lipinski definition) is 5. The fourth-order valence-corrected chi connectivity index (χ4v) is 4.93. The summed E-state index contributed by atoms with van der Waals surface area (Å²) in [5.41, 5.74) is -0.670. The number of carbonyl (C=O) groups is 3. The first-order chi connectivity index (χ1) is 14.0. The summed E-state index contributed by atoms with van der Waals surface area (Å²) in [6, 6.07) is 0.168. The minimum Gasteiger partial charge on any atom is -0.483 e. The largest absolute Gasteiger partial charge is 0.483 e. The molecule has 0 radical (unpaired) electrons. The number of likely N-dealkylation sites (tertiary alicyclic amines) is 2. The van der Waals surface area contributed by atoms with Crippen LogP contribution in [0.25, 0.3) is 0 Å². The number of piperidine rings is 1. The number of carboxylic acid groups (broad SMARTS) is 1. The zero-order chi connectivity index (χ0) is 21.0. The Morgan fingerprint density at radius 2 is 1.76 bits per heavy atom. The molecule has 2 saturated heterocycles. The molecular formula is C20H31N5O4. The summed E-state index contributed by atoms with van der Waals surface area (Å²) in [4.78, 5) is 38.9. The first kappa shape index (κ1) is 21.3. The van der Waals surface area contributed by atoms with Crippen LogP contribution in [0.3, 0.4) is 0 Å². The predicted octanol–water partition coefficient (Wildman–Crippen LogP) is 1.71. The molecular weight excluding hydrogens is 374 g/mol. The summed E-state index contributed by atoms with van der Waals surface area (Å²) in [6.07, 6.45) is 7.55. The quantitative estimate of drug-likeness (QED) is 0.751. The van der Waals surface area contributed by atoms with E-state index in [1.165, 1.54) is 0 Å². The Labute approximate surface area is 171 Å². The fraction of sp³-hybridized carbons (Fsp3) is 0.750. The Morgan fingerprint density at radius 1 is 1.07 bits per heavy atom. The predicted molar refractivity (Wildman–Crippen MR) is 105 cm³/mol. The van der Waals surface area contributed by atoms with Crippen molar-refractivity contribution < 1.29 is 19.5 Å². The standard InChI is InChI=1S/C19H29N5O2.CH2O2/c1-14(2)22-12-6-9-19(18(22)26)10-7-13-24(19)17(25)16-21-20-15-8-4-3-5-11-23(15)16;2-1-3/h14H,3-13H2,1-2H3;1H,(H,2,3). The van der Waals surface area contributed by atoms with Gasteiger partial charge in [-0.2, -0.15) is 0 Å². The van der Waals surface area contributed by atoms with Crippen molar-refractivity contribution >= 4 is 18.3 Å². The van der Waals surface area contributed by atoms with Crippen LogP contribution in [0.15, 0.2) is 0 Å². The number of fused-ring (bicyclic) bond motifs is 1. The van der Waals surface area contributed by atoms with Gasteiger partial charge >= 0.3 is 0 Å². The molecule has 0 bridgehead atoms. The summed E-state index contributed by atoms with van der Waals surface area (Å²) in [6.45, 7) is 6.09. The minimum atomic E-state index is -0.670. The highest BCUT2D eigenvalue weighted by Gasteiger charge is 2.53. The van der Waals surface area contributed by atoms with Crippen molar-refractivity contribution in [3.8, 4) is 0 Å². The van der Waals surface area contributed by atoms with E-state index in [1.807, 2.05) is 14.4 Å². The van der Waals surface area contributed by atoms with Crippen molar-refractivity contribution in [2.24, 2.45) is 0 Å². The highest BCUT2D eigenvalue weighted by molar-refractivity contribution is 5.98. The lowest BCUT2D eigenvalue weighted by Gasteiger charge is -2.45. The van der Waals surface area contributed by atoms with Crippen LogP contribution in [-0.4, -0.2) is 72.6 Å². The molecule has 0 aliphatic carbocycles. The van der Waals surface area contributed by atoms with Crippen LogP contribution >= 0.6 is 0 Å². The lowest BCUT2D eigenvalue weighted by atomic mass is 9.84. The summed E-state index contributed by atoms with van der Waals surface area (Å²) in [7, 11) is 0. The van der Waals surface area contributed by atoms with Crippen LogP contribution in [0.4, 0.5) is 0 Å². The molecule has 4 rings (SSSR count). The number of nitrogens with zero attached hydrogens (tertiary/aromatic N) is 5. The van der Waals surface area contributed by atoms with Crippen LogP contribution in [0.2, 0.25) is 0 Å². The van der Waals surface area contributed by atoms with Crippen LogP contribution < -0.4 is 0 Å². The highest BCUT2D eigenvalue weighted by atomic mass is 16.3. The molecule has 1 unspecified atom stereocenters. The Hall–Kier alpha value is -2.45. The minimum absolute atomic E-state index is 0.109. The summed E-state index contributed by atoms with van der Waals surface area (Å²) >= 11 is 0. The Kier molecular flexibility index (Phi) is 6.54. The Balaban J connectivity index is 0.000000755. The molecule has 9 heteroatoms. The van der Waals surface area contributed by atoms with Gasteiger partial charge < -0.3 is 19.5 Å². The van der Waals surface area contributed by atoms with Crippen molar-refractivity contribution in [1.29, 1.82) is 0 Å². The van der Waals surface area contributed by atoms with Gasteiger partial charge in [-0.1, -0.05) is 6.42 Å². The maximum absolute atomic E-state index is 13.4. The topological polar surface area (TPSA) is 109 Å². The lowest BCUT2D eigenvalue weighted by molar-refractivity contribution is -0.147. The monoisotopic (exact) mass is 405 g/mol. The van der Waals surface area contributed by atoms with Gasteiger partial charge in [0.1, 0.15) is 11.4 Å². The highest BCUT2D eigenvalue weighted by Crippen LogP contribution is 2.39. The van der Waals surface area contributed by atoms with Crippen LogP contribution in [0, 0.1) is 0 Å². The van der Waals surface area contributed by atoms with E-state index in [2.05, 4.69) is 24.0 Å². The van der Waals surface area contributed by atoms with Crippen LogP contribution in [0.1, 0.15) is 75.2 Å². The molecule has 4 heterocycles. The molecule has 0 saturated carbocycles. The van der Waals surface area contributed by atoms with E-state index in [1.54, 1.807) is 0 Å². The molecule has 1 N–H and O–H groups in total. The first-order valence-electron chi connectivity index (χ1n) is 10.6. The average molecular weight is 405 g/mol. The van der Waals surface area contributed by atoms with Crippen molar-refractivity contribution in [2.75, 3.05) is 13.1 Å². The fourth-order valence-electron chi connectivity index (χ4n) is 4.93. The van der Waals surface area contributed by atoms with E-state index in [-0.39, 0.29) is 24.3 Å². The van der Waals surface area contributed by atoms with Crippen LogP contribution in [0.5, 0.6) is 0 Å². The summed E-state index contributed by atoms with van der Waals surface area (Å²) in [5, 5.41) is 15.4. The van der Waals surface area contributed by atoms with E-state index in [0.29, 0.717) is 12.4 Å². The molecule has 160 valence electrons. The second-order valence-electron chi connectivity index (χ2n) is 8.30. The van der Waals surface area contributed by atoms with Gasteiger partial charge in [-0.25, -0.2) is 0 Å². The Bertz CT molecular complexity index is 762. The summed E-state index contributed by atoms with van der Waals surface area (Å²) in [5.74, 6) is 1.36. The molecule has 1 aromatic heterocycles. The number of amides is 2. The van der Waals surface area contributed by atoms with Gasteiger partial charge in [0.2, 0.25) is 11.7 Å². The maximum Gasteiger partial charge on any atom is 0.292 e. The molecule has 1 atom stereocenters. The molecule has 3 aliphatic heterocycles. The van der Waals surface area contributed by atoms with Gasteiger partial charge in [0, 0.05) is 32.1 Å². The molecule has 1 spiro atoms. The second-order valence-corrected chi connectivity index (χ2v) is 8.30. The number of carbonyl (C=O) groups excluding carboxylic acids is 2.